The van der Waals surface area contributed by atoms with Crippen LogP contribution in [0.5, 0.6) is 5.75 Å². The van der Waals surface area contributed by atoms with Crippen molar-refractivity contribution >= 4 is 11.8 Å². The van der Waals surface area contributed by atoms with E-state index in [0.29, 0.717) is 12.2 Å². The first-order valence-corrected chi connectivity index (χ1v) is 6.00. The lowest BCUT2D eigenvalue weighted by Gasteiger charge is -2.08. The van der Waals surface area contributed by atoms with E-state index in [9.17, 15) is 9.59 Å². The van der Waals surface area contributed by atoms with Gasteiger partial charge in [-0.25, -0.2) is 0 Å². The molecule has 1 aromatic rings. The number of ketones is 1. The number of Topliss-reactive ketones (excluding diaryl/α,β-unsaturated/α-hetero) is 1. The summed E-state index contributed by atoms with van der Waals surface area (Å²) in [4.78, 5) is 22.4. The van der Waals surface area contributed by atoms with Crippen molar-refractivity contribution in [2.24, 2.45) is 5.92 Å². The van der Waals surface area contributed by atoms with E-state index in [1.165, 1.54) is 0 Å². The SMILES string of the molecule is CCOc1ccc(C(=O)C[C@H](C)CC(=O)O)cc1. The first-order chi connectivity index (χ1) is 8.52. The Morgan fingerprint density at radius 2 is 1.83 bits per heavy atom. The molecule has 4 heteroatoms. The van der Waals surface area contributed by atoms with Crippen molar-refractivity contribution in [3.8, 4) is 5.75 Å². The number of hydrogen-bond acceptors (Lipinski definition) is 3. The van der Waals surface area contributed by atoms with Gasteiger partial charge in [0.2, 0.25) is 0 Å². The van der Waals surface area contributed by atoms with Gasteiger partial charge in [0, 0.05) is 18.4 Å². The van der Waals surface area contributed by atoms with Gasteiger partial charge < -0.3 is 9.84 Å². The average molecular weight is 250 g/mol. The number of carboxylic acid groups (broad SMARTS) is 1. The summed E-state index contributed by atoms with van der Waals surface area (Å²) in [5.74, 6) is -0.331. The highest BCUT2D eigenvalue weighted by molar-refractivity contribution is 5.96. The molecule has 0 fully saturated rings. The molecule has 1 atom stereocenters. The molecule has 0 saturated carbocycles. The number of carbonyl (C=O) groups excluding carboxylic acids is 1. The number of benzene rings is 1. The Morgan fingerprint density at radius 1 is 1.22 bits per heavy atom. The maximum Gasteiger partial charge on any atom is 0.303 e. The molecule has 4 nitrogen and oxygen atoms in total. The predicted molar refractivity (Wildman–Crippen MR) is 68.0 cm³/mol. The molecular weight excluding hydrogens is 232 g/mol. The minimum atomic E-state index is -0.873. The summed E-state index contributed by atoms with van der Waals surface area (Å²) in [6.45, 7) is 4.25. The second kappa shape index (κ2) is 6.79. The lowest BCUT2D eigenvalue weighted by Crippen LogP contribution is -2.10. The van der Waals surface area contributed by atoms with Gasteiger partial charge in [0.15, 0.2) is 5.78 Å². The van der Waals surface area contributed by atoms with Gasteiger partial charge in [-0.2, -0.15) is 0 Å². The minimum absolute atomic E-state index is 0.0166. The zero-order valence-corrected chi connectivity index (χ0v) is 10.7. The molecule has 18 heavy (non-hydrogen) atoms. The summed E-state index contributed by atoms with van der Waals surface area (Å²) in [6, 6.07) is 6.92. The molecule has 0 aliphatic carbocycles. The maximum atomic E-state index is 11.9. The highest BCUT2D eigenvalue weighted by Gasteiger charge is 2.14. The van der Waals surface area contributed by atoms with Crippen LogP contribution >= 0.6 is 0 Å². The van der Waals surface area contributed by atoms with Gasteiger partial charge in [-0.3, -0.25) is 9.59 Å². The van der Waals surface area contributed by atoms with Crippen LogP contribution in [0.1, 0.15) is 37.0 Å². The molecule has 0 bridgehead atoms. The highest BCUT2D eigenvalue weighted by atomic mass is 16.5. The van der Waals surface area contributed by atoms with Crippen LogP contribution in [-0.4, -0.2) is 23.5 Å². The zero-order valence-electron chi connectivity index (χ0n) is 10.7. The summed E-state index contributed by atoms with van der Waals surface area (Å²) in [7, 11) is 0. The van der Waals surface area contributed by atoms with E-state index < -0.39 is 5.97 Å². The molecule has 0 heterocycles. The van der Waals surface area contributed by atoms with Gasteiger partial charge in [-0.15, -0.1) is 0 Å². The van der Waals surface area contributed by atoms with Crippen molar-refractivity contribution in [3.05, 3.63) is 29.8 Å². The Morgan fingerprint density at radius 3 is 2.33 bits per heavy atom. The highest BCUT2D eigenvalue weighted by Crippen LogP contribution is 2.16. The second-order valence-corrected chi connectivity index (χ2v) is 4.29. The summed E-state index contributed by atoms with van der Waals surface area (Å²) < 4.78 is 5.29. The van der Waals surface area contributed by atoms with Crippen LogP contribution in [0.4, 0.5) is 0 Å². The Labute approximate surface area is 107 Å². The van der Waals surface area contributed by atoms with Crippen LogP contribution in [0.25, 0.3) is 0 Å². The van der Waals surface area contributed by atoms with E-state index in [4.69, 9.17) is 9.84 Å². The molecule has 1 rings (SSSR count). The van der Waals surface area contributed by atoms with Crippen molar-refractivity contribution in [2.75, 3.05) is 6.61 Å². The fraction of sp³-hybridized carbons (Fsp3) is 0.429. The van der Waals surface area contributed by atoms with E-state index in [-0.39, 0.29) is 24.5 Å². The summed E-state index contributed by atoms with van der Waals surface area (Å²) in [6.07, 6.45) is 0.267. The van der Waals surface area contributed by atoms with Crippen LogP contribution < -0.4 is 4.74 Å². The summed E-state index contributed by atoms with van der Waals surface area (Å²) >= 11 is 0. The molecule has 0 aliphatic rings. The van der Waals surface area contributed by atoms with Crippen LogP contribution in [0.15, 0.2) is 24.3 Å². The van der Waals surface area contributed by atoms with Gasteiger partial charge >= 0.3 is 5.97 Å². The Hall–Kier alpha value is -1.84. The van der Waals surface area contributed by atoms with Crippen molar-refractivity contribution < 1.29 is 19.4 Å². The lowest BCUT2D eigenvalue weighted by atomic mass is 9.97. The van der Waals surface area contributed by atoms with Crippen LogP contribution in [0, 0.1) is 5.92 Å². The number of rotatable bonds is 7. The third kappa shape index (κ3) is 4.57. The number of ether oxygens (including phenoxy) is 1. The van der Waals surface area contributed by atoms with E-state index in [0.717, 1.165) is 5.75 Å². The molecule has 0 amide bonds. The Kier molecular flexibility index (Phi) is 5.36. The van der Waals surface area contributed by atoms with Crippen LogP contribution in [0.2, 0.25) is 0 Å². The largest absolute Gasteiger partial charge is 0.494 e. The minimum Gasteiger partial charge on any atom is -0.494 e. The van der Waals surface area contributed by atoms with Crippen LogP contribution in [0.3, 0.4) is 0 Å². The normalized spacial score (nSPS) is 11.9. The Balaban J connectivity index is 2.58. The number of aliphatic carboxylic acids is 1. The average Bonchev–Trinajstić information content (AvgIpc) is 2.29. The van der Waals surface area contributed by atoms with Gasteiger partial charge in [0.05, 0.1) is 6.61 Å². The smallest absolute Gasteiger partial charge is 0.303 e. The number of carboxylic acids is 1. The van der Waals surface area contributed by atoms with Crippen molar-refractivity contribution in [2.45, 2.75) is 26.7 Å². The molecule has 1 N–H and O–H groups in total. The van der Waals surface area contributed by atoms with E-state index >= 15 is 0 Å². The molecule has 0 unspecified atom stereocenters. The topological polar surface area (TPSA) is 63.6 Å². The molecule has 98 valence electrons. The van der Waals surface area contributed by atoms with Crippen LogP contribution in [-0.2, 0) is 4.79 Å². The Bertz CT molecular complexity index is 408. The van der Waals surface area contributed by atoms with Crippen molar-refractivity contribution in [1.29, 1.82) is 0 Å². The van der Waals surface area contributed by atoms with E-state index in [1.807, 2.05) is 6.92 Å². The van der Waals surface area contributed by atoms with E-state index in [2.05, 4.69) is 0 Å². The monoisotopic (exact) mass is 250 g/mol. The van der Waals surface area contributed by atoms with Gasteiger partial charge in [-0.05, 0) is 37.1 Å². The maximum absolute atomic E-state index is 11.9. The standard InChI is InChI=1S/C14H18O4/c1-3-18-12-6-4-11(5-7-12)13(15)8-10(2)9-14(16)17/h4-7,10H,3,8-9H2,1-2H3,(H,16,17)/t10-/m0/s1. The first kappa shape index (κ1) is 14.2. The van der Waals surface area contributed by atoms with Gasteiger partial charge in [-0.1, -0.05) is 6.92 Å². The molecule has 0 aliphatic heterocycles. The number of hydrogen-bond donors (Lipinski definition) is 1. The first-order valence-electron chi connectivity index (χ1n) is 6.00. The molecular formula is C14H18O4. The fourth-order valence-corrected chi connectivity index (χ4v) is 1.71. The summed E-state index contributed by atoms with van der Waals surface area (Å²) in [5, 5.41) is 8.63. The molecule has 0 radical (unpaired) electrons. The zero-order chi connectivity index (χ0) is 13.5. The fourth-order valence-electron chi connectivity index (χ4n) is 1.71. The summed E-state index contributed by atoms with van der Waals surface area (Å²) in [5.41, 5.74) is 0.593. The third-order valence-corrected chi connectivity index (χ3v) is 2.54. The van der Waals surface area contributed by atoms with Gasteiger partial charge in [0.1, 0.15) is 5.75 Å². The molecule has 0 aromatic heterocycles. The molecule has 0 spiro atoms. The third-order valence-electron chi connectivity index (χ3n) is 2.54. The predicted octanol–water partition coefficient (Wildman–Crippen LogP) is 2.77. The second-order valence-electron chi connectivity index (χ2n) is 4.29. The number of carbonyl (C=O) groups is 2. The van der Waals surface area contributed by atoms with Crippen molar-refractivity contribution in [1.82, 2.24) is 0 Å². The molecule has 1 aromatic carbocycles. The molecule has 0 saturated heterocycles. The lowest BCUT2D eigenvalue weighted by molar-refractivity contribution is -0.137. The quantitative estimate of drug-likeness (QED) is 0.756. The van der Waals surface area contributed by atoms with E-state index in [1.54, 1.807) is 31.2 Å². The van der Waals surface area contributed by atoms with Crippen molar-refractivity contribution in [3.63, 3.8) is 0 Å². The van der Waals surface area contributed by atoms with Gasteiger partial charge in [0.25, 0.3) is 0 Å².